The Morgan fingerprint density at radius 2 is 2.07 bits per heavy atom. The third kappa shape index (κ3) is 1.04. The van der Waals surface area contributed by atoms with Crippen LogP contribution >= 0.6 is 0 Å². The molecule has 0 fully saturated rings. The Bertz CT molecular complexity index is 484. The monoisotopic (exact) mass is 185 g/mol. The number of benzene rings is 1. The van der Waals surface area contributed by atoms with E-state index in [2.05, 4.69) is 10.1 Å². The lowest BCUT2D eigenvalue weighted by Gasteiger charge is -1.92. The summed E-state index contributed by atoms with van der Waals surface area (Å²) < 4.78 is 3.96. The third-order valence-electron chi connectivity index (χ3n) is 2.25. The van der Waals surface area contributed by atoms with Gasteiger partial charge >= 0.3 is 0 Å². The van der Waals surface area contributed by atoms with Gasteiger partial charge in [0.2, 0.25) is 11.5 Å². The fourth-order valence-electron chi connectivity index (χ4n) is 1.55. The number of imidazole rings is 1. The van der Waals surface area contributed by atoms with Gasteiger partial charge in [-0.1, -0.05) is 22.9 Å². The molecule has 0 unspecified atom stereocenters. The van der Waals surface area contributed by atoms with E-state index in [4.69, 9.17) is 0 Å². The molecule has 0 amide bonds. The first-order valence-electron chi connectivity index (χ1n) is 4.48. The average molecular weight is 185 g/mol. The van der Waals surface area contributed by atoms with Crippen LogP contribution in [-0.2, 0) is 6.67 Å². The zero-order chi connectivity index (χ0) is 9.38. The number of aromatic nitrogens is 2. The van der Waals surface area contributed by atoms with Crippen LogP contribution in [0, 0.1) is 0 Å². The van der Waals surface area contributed by atoms with Crippen molar-refractivity contribution in [2.75, 3.05) is 0 Å². The molecular weight excluding hydrogens is 176 g/mol. The summed E-state index contributed by atoms with van der Waals surface area (Å²) in [6.45, 7) is 0.749. The third-order valence-corrected chi connectivity index (χ3v) is 2.25. The topological polar surface area (TPSA) is 33.2 Å². The summed E-state index contributed by atoms with van der Waals surface area (Å²) in [7, 11) is 0. The first-order chi connectivity index (χ1) is 6.93. The minimum Gasteiger partial charge on any atom is -0.251 e. The molecule has 3 rings (SSSR count). The highest BCUT2D eigenvalue weighted by Crippen LogP contribution is 2.23. The van der Waals surface area contributed by atoms with E-state index in [1.54, 1.807) is 12.5 Å². The summed E-state index contributed by atoms with van der Waals surface area (Å²) >= 11 is 0. The van der Waals surface area contributed by atoms with Crippen LogP contribution in [0.4, 0.5) is 11.5 Å². The quantitative estimate of drug-likeness (QED) is 0.627. The van der Waals surface area contributed by atoms with Crippen molar-refractivity contribution < 1.29 is 4.70 Å². The molecule has 0 radical (unpaired) electrons. The summed E-state index contributed by atoms with van der Waals surface area (Å²) in [6.07, 6.45) is 3.56. The van der Waals surface area contributed by atoms with Gasteiger partial charge in [0.1, 0.15) is 6.33 Å². The molecule has 68 valence electrons. The van der Waals surface area contributed by atoms with E-state index in [9.17, 15) is 0 Å². The van der Waals surface area contributed by atoms with Crippen LogP contribution in [0.1, 0.15) is 0 Å². The lowest BCUT2D eigenvalue weighted by atomic mass is 10.3. The van der Waals surface area contributed by atoms with Crippen molar-refractivity contribution in [2.45, 2.75) is 6.67 Å². The first-order valence-corrected chi connectivity index (χ1v) is 4.48. The molecule has 0 saturated carbocycles. The van der Waals surface area contributed by atoms with E-state index < -0.39 is 0 Å². The molecule has 0 aliphatic carbocycles. The molecule has 1 aliphatic heterocycles. The van der Waals surface area contributed by atoms with Gasteiger partial charge in [-0.05, 0) is 0 Å². The molecule has 0 bridgehead atoms. The molecule has 2 aromatic rings. The van der Waals surface area contributed by atoms with Crippen LogP contribution in [0.2, 0.25) is 0 Å². The Kier molecular flexibility index (Phi) is 1.47. The molecule has 2 heterocycles. The molecule has 0 atom stereocenters. The lowest BCUT2D eigenvalue weighted by molar-refractivity contribution is -0.529. The number of hydrogen-bond acceptors (Lipinski definition) is 2. The SMILES string of the molecule is c1ccc([N+]2=Nc3cncn3C2)cc1. The van der Waals surface area contributed by atoms with Crippen molar-refractivity contribution in [3.05, 3.63) is 42.9 Å². The zero-order valence-electron chi connectivity index (χ0n) is 7.54. The van der Waals surface area contributed by atoms with Gasteiger partial charge in [-0.3, -0.25) is 4.57 Å². The van der Waals surface area contributed by atoms with Crippen LogP contribution in [0.15, 0.2) is 48.0 Å². The number of azo groups is 2. The summed E-state index contributed by atoms with van der Waals surface area (Å²) in [5.74, 6) is 0.911. The fraction of sp³-hybridized carbons (Fsp3) is 0.100. The van der Waals surface area contributed by atoms with Gasteiger partial charge in [-0.2, -0.15) is 0 Å². The highest BCUT2D eigenvalue weighted by molar-refractivity contribution is 5.30. The molecule has 0 N–H and O–H groups in total. The summed E-state index contributed by atoms with van der Waals surface area (Å²) in [5.41, 5.74) is 1.11. The molecule has 0 saturated heterocycles. The average Bonchev–Trinajstić information content (AvgIpc) is 2.78. The van der Waals surface area contributed by atoms with Gasteiger partial charge in [0.25, 0.3) is 6.67 Å². The second-order valence-electron chi connectivity index (χ2n) is 3.20. The Morgan fingerprint density at radius 3 is 2.86 bits per heavy atom. The molecule has 4 nitrogen and oxygen atoms in total. The molecular formula is C10H9N4+. The number of nitrogens with zero attached hydrogens (tertiary/aromatic N) is 4. The molecule has 1 aliphatic rings. The highest BCUT2D eigenvalue weighted by atomic mass is 15.4. The fourth-order valence-corrected chi connectivity index (χ4v) is 1.55. The predicted octanol–water partition coefficient (Wildman–Crippen LogP) is 2.28. The van der Waals surface area contributed by atoms with Gasteiger partial charge in [0.15, 0.2) is 0 Å². The second kappa shape index (κ2) is 2.77. The maximum atomic E-state index is 4.42. The van der Waals surface area contributed by atoms with Crippen molar-refractivity contribution in [2.24, 2.45) is 5.11 Å². The Balaban J connectivity index is 2.02. The summed E-state index contributed by atoms with van der Waals surface area (Å²) in [5, 5.41) is 4.42. The minimum absolute atomic E-state index is 0.749. The van der Waals surface area contributed by atoms with Crippen LogP contribution in [0.3, 0.4) is 0 Å². The number of rotatable bonds is 1. The smallest absolute Gasteiger partial charge is 0.251 e. The summed E-state index contributed by atoms with van der Waals surface area (Å²) in [6, 6.07) is 10.1. The largest absolute Gasteiger partial charge is 0.257 e. The van der Waals surface area contributed by atoms with Crippen molar-refractivity contribution in [3.63, 3.8) is 0 Å². The predicted molar refractivity (Wildman–Crippen MR) is 50.7 cm³/mol. The normalized spacial score (nSPS) is 13.9. The van der Waals surface area contributed by atoms with E-state index in [0.29, 0.717) is 0 Å². The second-order valence-corrected chi connectivity index (χ2v) is 3.20. The minimum atomic E-state index is 0.749. The standard InChI is InChI=1S/C10H9N4/c1-2-4-9(5-3-1)14-8-13-7-11-6-10(13)12-14/h1-7H,8H2/q+1. The number of hydrogen-bond donors (Lipinski definition) is 0. The molecule has 14 heavy (non-hydrogen) atoms. The van der Waals surface area contributed by atoms with Crippen molar-refractivity contribution in [3.8, 4) is 0 Å². The van der Waals surface area contributed by atoms with Gasteiger partial charge in [-0.25, -0.2) is 4.98 Å². The maximum absolute atomic E-state index is 4.42. The van der Waals surface area contributed by atoms with Crippen LogP contribution in [0.25, 0.3) is 0 Å². The van der Waals surface area contributed by atoms with Gasteiger partial charge in [0.05, 0.1) is 6.20 Å². The molecule has 4 heteroatoms. The molecule has 0 spiro atoms. The maximum Gasteiger partial charge on any atom is 0.257 e. The van der Waals surface area contributed by atoms with E-state index >= 15 is 0 Å². The number of fused-ring (bicyclic) bond motifs is 1. The van der Waals surface area contributed by atoms with E-state index in [-0.39, 0.29) is 0 Å². The number of para-hydroxylation sites is 1. The van der Waals surface area contributed by atoms with Crippen molar-refractivity contribution in [1.82, 2.24) is 9.55 Å². The summed E-state index contributed by atoms with van der Waals surface area (Å²) in [4.78, 5) is 4.01. The van der Waals surface area contributed by atoms with E-state index in [1.807, 2.05) is 39.6 Å². The van der Waals surface area contributed by atoms with Crippen LogP contribution in [-0.4, -0.2) is 14.2 Å². The van der Waals surface area contributed by atoms with E-state index in [0.717, 1.165) is 18.2 Å². The highest BCUT2D eigenvalue weighted by Gasteiger charge is 2.21. The lowest BCUT2D eigenvalue weighted by Crippen LogP contribution is -2.01. The van der Waals surface area contributed by atoms with Gasteiger partial charge in [-0.15, -0.1) is 0 Å². The molecule has 1 aromatic carbocycles. The van der Waals surface area contributed by atoms with Crippen LogP contribution in [0.5, 0.6) is 0 Å². The Labute approximate surface area is 81.1 Å². The van der Waals surface area contributed by atoms with Crippen LogP contribution < -0.4 is 0 Å². The molecule has 1 aromatic heterocycles. The zero-order valence-corrected chi connectivity index (χ0v) is 7.54. The van der Waals surface area contributed by atoms with Gasteiger partial charge < -0.3 is 0 Å². The van der Waals surface area contributed by atoms with Crippen molar-refractivity contribution >= 4 is 11.5 Å². The first kappa shape index (κ1) is 7.44. The van der Waals surface area contributed by atoms with E-state index in [1.165, 1.54) is 0 Å². The Morgan fingerprint density at radius 1 is 1.21 bits per heavy atom. The Hall–Kier alpha value is -1.97. The van der Waals surface area contributed by atoms with Crippen molar-refractivity contribution in [1.29, 1.82) is 0 Å². The van der Waals surface area contributed by atoms with Gasteiger partial charge in [0, 0.05) is 17.2 Å².